The number of halogens is 1. The number of fused-ring (bicyclic) bond motifs is 2. The van der Waals surface area contributed by atoms with E-state index in [0.717, 1.165) is 39.2 Å². The van der Waals surface area contributed by atoms with Crippen molar-refractivity contribution in [2.24, 2.45) is 5.92 Å². The summed E-state index contributed by atoms with van der Waals surface area (Å²) in [5.41, 5.74) is 2.25. The number of aromatic nitrogens is 1. The topological polar surface area (TPSA) is 135 Å². The maximum absolute atomic E-state index is 14.0. The standard InChI is InChI=1S/C30H24ClN5O6S2/c1-33(2)19-9-3-16(4-10-19)23-24-25(28(39)35(27(24)38)20-11-13-21(14-12-20)36(41)42)43-29-26(23)44-30(40)34(29)15-22(37)32-18-7-5-17(31)6-8-18/h3-14,23-25H,15H2,1-2H3,(H,32,37). The molecule has 1 fully saturated rings. The van der Waals surface area contributed by atoms with Gasteiger partial charge in [0.05, 0.1) is 21.6 Å². The SMILES string of the molecule is CN(C)c1ccc(C2c3sc(=O)n(CC(=O)Nc4ccc(Cl)cc4)c3SC3C(=O)N(c4ccc([N+](=O)[O-])cc4)C(=O)C32)cc1. The summed E-state index contributed by atoms with van der Waals surface area (Å²) in [7, 11) is 3.81. The molecule has 0 aliphatic carbocycles. The first-order chi connectivity index (χ1) is 21.0. The second-order valence-electron chi connectivity index (χ2n) is 10.5. The minimum Gasteiger partial charge on any atom is -0.378 e. The average Bonchev–Trinajstić information content (AvgIpc) is 3.44. The van der Waals surface area contributed by atoms with Crippen LogP contribution >= 0.6 is 34.7 Å². The van der Waals surface area contributed by atoms with Crippen molar-refractivity contribution in [1.29, 1.82) is 0 Å². The zero-order valence-electron chi connectivity index (χ0n) is 23.3. The second-order valence-corrected chi connectivity index (χ2v) is 13.1. The van der Waals surface area contributed by atoms with E-state index < -0.39 is 39.7 Å². The third-order valence-electron chi connectivity index (χ3n) is 7.57. The van der Waals surface area contributed by atoms with E-state index in [0.29, 0.717) is 20.6 Å². The fourth-order valence-electron chi connectivity index (χ4n) is 5.45. The zero-order chi connectivity index (χ0) is 31.3. The summed E-state index contributed by atoms with van der Waals surface area (Å²) >= 11 is 8.00. The minimum absolute atomic E-state index is 0.165. The molecule has 1 saturated heterocycles. The van der Waals surface area contributed by atoms with Crippen molar-refractivity contribution in [3.8, 4) is 0 Å². The van der Waals surface area contributed by atoms with Crippen molar-refractivity contribution in [3.05, 3.63) is 108 Å². The normalized spacial score (nSPS) is 19.0. The first kappa shape index (κ1) is 29.6. The molecule has 0 saturated carbocycles. The molecule has 3 unspecified atom stereocenters. The van der Waals surface area contributed by atoms with E-state index in [4.69, 9.17) is 11.6 Å². The van der Waals surface area contributed by atoms with Crippen LogP contribution in [-0.2, 0) is 20.9 Å². The van der Waals surface area contributed by atoms with Crippen LogP contribution in [0, 0.1) is 16.0 Å². The van der Waals surface area contributed by atoms with Crippen LogP contribution in [0.25, 0.3) is 0 Å². The number of amides is 3. The van der Waals surface area contributed by atoms with E-state index in [1.807, 2.05) is 43.3 Å². The van der Waals surface area contributed by atoms with Gasteiger partial charge >= 0.3 is 4.87 Å². The van der Waals surface area contributed by atoms with Crippen molar-refractivity contribution in [3.63, 3.8) is 0 Å². The number of anilines is 3. The molecule has 1 aromatic heterocycles. The van der Waals surface area contributed by atoms with Gasteiger partial charge in [-0.25, -0.2) is 4.90 Å². The first-order valence-electron chi connectivity index (χ1n) is 13.4. The predicted octanol–water partition coefficient (Wildman–Crippen LogP) is 4.97. The van der Waals surface area contributed by atoms with Gasteiger partial charge in [0, 0.05) is 53.4 Å². The number of carbonyl (C=O) groups excluding carboxylic acids is 3. The van der Waals surface area contributed by atoms with Gasteiger partial charge in [-0.15, -0.1) is 0 Å². The van der Waals surface area contributed by atoms with Crippen molar-refractivity contribution < 1.29 is 19.3 Å². The van der Waals surface area contributed by atoms with E-state index >= 15 is 0 Å². The molecular weight excluding hydrogens is 626 g/mol. The lowest BCUT2D eigenvalue weighted by Gasteiger charge is -2.31. The lowest BCUT2D eigenvalue weighted by Crippen LogP contribution is -2.33. The van der Waals surface area contributed by atoms with Crippen LogP contribution in [-0.4, -0.2) is 46.6 Å². The summed E-state index contributed by atoms with van der Waals surface area (Å²) in [4.78, 5) is 68.1. The summed E-state index contributed by atoms with van der Waals surface area (Å²) in [6.07, 6.45) is 0. The fraction of sp³-hybridized carbons (Fsp3) is 0.200. The Balaban J connectivity index is 1.40. The molecule has 1 N–H and O–H groups in total. The molecule has 44 heavy (non-hydrogen) atoms. The largest absolute Gasteiger partial charge is 0.378 e. The smallest absolute Gasteiger partial charge is 0.308 e. The molecule has 0 radical (unpaired) electrons. The van der Waals surface area contributed by atoms with E-state index in [-0.39, 0.29) is 22.8 Å². The number of carbonyl (C=O) groups is 3. The van der Waals surface area contributed by atoms with Crippen molar-refractivity contribution in [1.82, 2.24) is 4.57 Å². The van der Waals surface area contributed by atoms with Crippen LogP contribution in [0.4, 0.5) is 22.7 Å². The lowest BCUT2D eigenvalue weighted by molar-refractivity contribution is -0.384. The first-order valence-corrected chi connectivity index (χ1v) is 15.5. The van der Waals surface area contributed by atoms with Gasteiger partial charge in [-0.05, 0) is 54.1 Å². The van der Waals surface area contributed by atoms with Crippen LogP contribution in [0.15, 0.2) is 82.6 Å². The number of rotatable bonds is 7. The number of hydrogen-bond acceptors (Lipinski definition) is 9. The summed E-state index contributed by atoms with van der Waals surface area (Å²) in [5, 5.41) is 14.0. The summed E-state index contributed by atoms with van der Waals surface area (Å²) in [6, 6.07) is 19.4. The van der Waals surface area contributed by atoms with Gasteiger partial charge in [0.1, 0.15) is 11.8 Å². The number of thioether (sulfide) groups is 1. The minimum atomic E-state index is -0.886. The maximum Gasteiger partial charge on any atom is 0.308 e. The summed E-state index contributed by atoms with van der Waals surface area (Å²) < 4.78 is 1.35. The zero-order valence-corrected chi connectivity index (χ0v) is 25.7. The molecule has 224 valence electrons. The Hall–Kier alpha value is -4.46. The monoisotopic (exact) mass is 649 g/mol. The van der Waals surface area contributed by atoms with Gasteiger partial charge in [-0.2, -0.15) is 0 Å². The Morgan fingerprint density at radius 3 is 2.25 bits per heavy atom. The highest BCUT2D eigenvalue weighted by Crippen LogP contribution is 2.54. The fourth-order valence-corrected chi connectivity index (χ4v) is 8.35. The number of nitro groups is 1. The molecule has 4 aromatic rings. The maximum atomic E-state index is 14.0. The van der Waals surface area contributed by atoms with Crippen LogP contribution < -0.4 is 20.0 Å². The molecule has 6 rings (SSSR count). The van der Waals surface area contributed by atoms with Crippen LogP contribution in [0.3, 0.4) is 0 Å². The van der Waals surface area contributed by atoms with Crippen LogP contribution in [0.1, 0.15) is 16.4 Å². The van der Waals surface area contributed by atoms with E-state index in [1.54, 1.807) is 24.3 Å². The van der Waals surface area contributed by atoms with E-state index in [9.17, 15) is 29.3 Å². The molecule has 3 amide bonds. The van der Waals surface area contributed by atoms with E-state index in [2.05, 4.69) is 5.32 Å². The van der Waals surface area contributed by atoms with Gasteiger partial charge in [0.15, 0.2) is 0 Å². The highest BCUT2D eigenvalue weighted by molar-refractivity contribution is 8.00. The number of nitro benzene ring substituents is 1. The van der Waals surface area contributed by atoms with Crippen molar-refractivity contribution >= 4 is 75.2 Å². The lowest BCUT2D eigenvalue weighted by atomic mass is 9.83. The molecule has 2 aliphatic heterocycles. The Morgan fingerprint density at radius 2 is 1.64 bits per heavy atom. The highest BCUT2D eigenvalue weighted by atomic mass is 35.5. The number of thiazole rings is 1. The Bertz CT molecular complexity index is 1850. The highest BCUT2D eigenvalue weighted by Gasteiger charge is 2.56. The van der Waals surface area contributed by atoms with Gasteiger partial charge in [-0.1, -0.05) is 46.8 Å². The molecule has 3 aromatic carbocycles. The average molecular weight is 650 g/mol. The quantitative estimate of drug-likeness (QED) is 0.168. The molecule has 3 heterocycles. The molecular formula is C30H24ClN5O6S2. The summed E-state index contributed by atoms with van der Waals surface area (Å²) in [6.45, 7) is -0.293. The Morgan fingerprint density at radius 1 is 0.977 bits per heavy atom. The van der Waals surface area contributed by atoms with Gasteiger partial charge in [0.25, 0.3) is 5.69 Å². The molecule has 2 aliphatic rings. The Labute approximate surface area is 264 Å². The molecule has 14 heteroatoms. The molecule has 0 spiro atoms. The number of nitrogens with zero attached hydrogens (tertiary/aromatic N) is 4. The Kier molecular flexibility index (Phi) is 7.78. The number of imide groups is 1. The van der Waals surface area contributed by atoms with Gasteiger partial charge < -0.3 is 10.2 Å². The molecule has 11 nitrogen and oxygen atoms in total. The molecule has 0 bridgehead atoms. The summed E-state index contributed by atoms with van der Waals surface area (Å²) in [5.74, 6) is -2.86. The predicted molar refractivity (Wildman–Crippen MR) is 170 cm³/mol. The number of benzene rings is 3. The van der Waals surface area contributed by atoms with Crippen molar-refractivity contribution in [2.75, 3.05) is 29.2 Å². The van der Waals surface area contributed by atoms with E-state index in [1.165, 1.54) is 28.8 Å². The number of hydrogen-bond donors (Lipinski definition) is 1. The van der Waals surface area contributed by atoms with Crippen molar-refractivity contribution in [2.45, 2.75) is 22.7 Å². The second kappa shape index (κ2) is 11.6. The number of nitrogens with one attached hydrogen (secondary N) is 1. The number of non-ortho nitro benzene ring substituents is 1. The van der Waals surface area contributed by atoms with Gasteiger partial charge in [0.2, 0.25) is 17.7 Å². The third-order valence-corrected chi connectivity index (χ3v) is 10.4. The third kappa shape index (κ3) is 5.27. The molecule has 3 atom stereocenters. The van der Waals surface area contributed by atoms with Gasteiger partial charge in [-0.3, -0.25) is 33.9 Å². The van der Waals surface area contributed by atoms with Crippen LogP contribution in [0.2, 0.25) is 5.02 Å². The van der Waals surface area contributed by atoms with Crippen LogP contribution in [0.5, 0.6) is 0 Å².